The van der Waals surface area contributed by atoms with Crippen LogP contribution in [0.15, 0.2) is 4.99 Å². The molecule has 1 unspecified atom stereocenters. The van der Waals surface area contributed by atoms with Gasteiger partial charge < -0.3 is 15.7 Å². The molecule has 0 spiro atoms. The number of aliphatic hydroxyl groups is 1. The number of hydrogen-bond acceptors (Lipinski definition) is 4. The van der Waals surface area contributed by atoms with Crippen molar-refractivity contribution in [3.63, 3.8) is 0 Å². The lowest BCUT2D eigenvalue weighted by molar-refractivity contribution is 0.0449. The fraction of sp³-hybridized carbons (Fsp3) is 0.900. The minimum atomic E-state index is -0.0537. The topological polar surface area (TPSA) is 56.7 Å². The first-order chi connectivity index (χ1) is 6.74. The Labute approximate surface area is 108 Å². The van der Waals surface area contributed by atoms with E-state index in [1.54, 1.807) is 0 Å². The first-order valence-electron chi connectivity index (χ1n) is 5.47. The highest BCUT2D eigenvalue weighted by Gasteiger charge is 2.27. The van der Waals surface area contributed by atoms with Crippen LogP contribution < -0.4 is 10.6 Å². The van der Waals surface area contributed by atoms with Gasteiger partial charge in [0.15, 0.2) is 5.96 Å². The van der Waals surface area contributed by atoms with Crippen molar-refractivity contribution in [2.24, 2.45) is 10.9 Å². The highest BCUT2D eigenvalue weighted by molar-refractivity contribution is 14.0. The molecule has 1 saturated carbocycles. The van der Waals surface area contributed by atoms with Crippen molar-refractivity contribution in [3.05, 3.63) is 0 Å². The maximum absolute atomic E-state index is 9.12. The van der Waals surface area contributed by atoms with Crippen LogP contribution in [0.2, 0.25) is 0 Å². The van der Waals surface area contributed by atoms with E-state index in [2.05, 4.69) is 22.5 Å². The minimum absolute atomic E-state index is 0. The molecule has 0 aromatic rings. The van der Waals surface area contributed by atoms with Crippen molar-refractivity contribution < 1.29 is 5.11 Å². The Bertz CT molecular complexity index is 229. The zero-order valence-corrected chi connectivity index (χ0v) is 11.4. The molecule has 2 aliphatic rings. The minimum Gasteiger partial charge on any atom is -0.393 e. The normalized spacial score (nSPS) is 34.3. The monoisotopic (exact) mass is 325 g/mol. The summed E-state index contributed by atoms with van der Waals surface area (Å²) >= 11 is 0. The molecule has 3 N–H and O–H groups in total. The summed E-state index contributed by atoms with van der Waals surface area (Å²) in [6.07, 6.45) is 2.95. The van der Waals surface area contributed by atoms with E-state index in [4.69, 9.17) is 5.11 Å². The number of guanidine groups is 1. The first kappa shape index (κ1) is 13.0. The fourth-order valence-electron chi connectivity index (χ4n) is 1.94. The number of aliphatic hydroxyl groups excluding tert-OH is 1. The van der Waals surface area contributed by atoms with Crippen molar-refractivity contribution in [2.75, 3.05) is 13.1 Å². The van der Waals surface area contributed by atoms with Crippen LogP contribution in [0.1, 0.15) is 26.2 Å². The molecule has 0 aromatic carbocycles. The molecular formula is C10H20IN3O. The van der Waals surface area contributed by atoms with E-state index in [-0.39, 0.29) is 30.1 Å². The SMILES string of the molecule is CC1CCN=C(NCC2CC(O)C2)N1.I. The van der Waals surface area contributed by atoms with Gasteiger partial charge >= 0.3 is 0 Å². The summed E-state index contributed by atoms with van der Waals surface area (Å²) in [5, 5.41) is 15.7. The molecule has 1 fully saturated rings. The van der Waals surface area contributed by atoms with E-state index in [1.807, 2.05) is 0 Å². The summed E-state index contributed by atoms with van der Waals surface area (Å²) in [5.41, 5.74) is 0. The molecule has 1 heterocycles. The van der Waals surface area contributed by atoms with Crippen LogP contribution in [-0.2, 0) is 0 Å². The zero-order valence-electron chi connectivity index (χ0n) is 9.07. The molecule has 1 atom stereocenters. The third-order valence-corrected chi connectivity index (χ3v) is 2.98. The molecule has 0 aromatic heterocycles. The van der Waals surface area contributed by atoms with Crippen LogP contribution in [0, 0.1) is 5.92 Å². The van der Waals surface area contributed by atoms with Crippen LogP contribution >= 0.6 is 24.0 Å². The average Bonchev–Trinajstić information content (AvgIpc) is 2.11. The van der Waals surface area contributed by atoms with Gasteiger partial charge in [0.25, 0.3) is 0 Å². The van der Waals surface area contributed by atoms with Crippen molar-refractivity contribution >= 4 is 29.9 Å². The van der Waals surface area contributed by atoms with Gasteiger partial charge in [0.05, 0.1) is 6.10 Å². The summed E-state index contributed by atoms with van der Waals surface area (Å²) in [5.74, 6) is 1.57. The number of nitrogens with one attached hydrogen (secondary N) is 2. The molecular weight excluding hydrogens is 305 g/mol. The molecule has 1 aliphatic heterocycles. The second-order valence-electron chi connectivity index (χ2n) is 4.44. The van der Waals surface area contributed by atoms with E-state index in [9.17, 15) is 0 Å². The summed E-state index contributed by atoms with van der Waals surface area (Å²) in [6, 6.07) is 0.530. The van der Waals surface area contributed by atoms with Crippen molar-refractivity contribution in [2.45, 2.75) is 38.3 Å². The van der Waals surface area contributed by atoms with Crippen LogP contribution in [0.25, 0.3) is 0 Å². The van der Waals surface area contributed by atoms with Crippen LogP contribution in [-0.4, -0.2) is 36.3 Å². The standard InChI is InChI=1S/C10H19N3O.HI/c1-7-2-3-11-10(13-7)12-6-8-4-9(14)5-8;/h7-9,14H,2-6H2,1H3,(H2,11,12,13);1H. The number of nitrogens with zero attached hydrogens (tertiary/aromatic N) is 1. The van der Waals surface area contributed by atoms with Gasteiger partial charge in [0.2, 0.25) is 0 Å². The smallest absolute Gasteiger partial charge is 0.191 e. The van der Waals surface area contributed by atoms with E-state index >= 15 is 0 Å². The number of hydrogen-bond donors (Lipinski definition) is 3. The fourth-order valence-corrected chi connectivity index (χ4v) is 1.94. The predicted octanol–water partition coefficient (Wildman–Crippen LogP) is 0.703. The number of rotatable bonds is 2. The number of aliphatic imine (C=N–C) groups is 1. The third kappa shape index (κ3) is 3.79. The molecule has 1 aliphatic carbocycles. The summed E-state index contributed by atoms with van der Waals surface area (Å²) < 4.78 is 0. The molecule has 5 heteroatoms. The van der Waals surface area contributed by atoms with Gasteiger partial charge in [0.1, 0.15) is 0 Å². The van der Waals surface area contributed by atoms with E-state index in [1.165, 1.54) is 0 Å². The average molecular weight is 325 g/mol. The van der Waals surface area contributed by atoms with Crippen molar-refractivity contribution in [3.8, 4) is 0 Å². The van der Waals surface area contributed by atoms with E-state index < -0.39 is 0 Å². The Morgan fingerprint density at radius 2 is 2.27 bits per heavy atom. The Morgan fingerprint density at radius 3 is 2.87 bits per heavy atom. The van der Waals surface area contributed by atoms with Crippen LogP contribution in [0.3, 0.4) is 0 Å². The Balaban J connectivity index is 0.00000112. The predicted molar refractivity (Wildman–Crippen MR) is 71.7 cm³/mol. The first-order valence-corrected chi connectivity index (χ1v) is 5.47. The summed E-state index contributed by atoms with van der Waals surface area (Å²) in [6.45, 7) is 4.03. The van der Waals surface area contributed by atoms with Crippen molar-refractivity contribution in [1.82, 2.24) is 10.6 Å². The Hall–Kier alpha value is -0.0400. The van der Waals surface area contributed by atoms with Crippen LogP contribution in [0.4, 0.5) is 0 Å². The quantitative estimate of drug-likeness (QED) is 0.655. The second-order valence-corrected chi connectivity index (χ2v) is 4.44. The van der Waals surface area contributed by atoms with Crippen molar-refractivity contribution in [1.29, 1.82) is 0 Å². The van der Waals surface area contributed by atoms with Gasteiger partial charge in [-0.2, -0.15) is 0 Å². The lowest BCUT2D eigenvalue weighted by Gasteiger charge is -2.32. The molecule has 0 saturated heterocycles. The van der Waals surface area contributed by atoms with Gasteiger partial charge in [-0.1, -0.05) is 0 Å². The molecule has 2 rings (SSSR count). The molecule has 4 nitrogen and oxygen atoms in total. The zero-order chi connectivity index (χ0) is 9.97. The Morgan fingerprint density at radius 1 is 1.53 bits per heavy atom. The lowest BCUT2D eigenvalue weighted by atomic mass is 9.82. The van der Waals surface area contributed by atoms with Crippen LogP contribution in [0.5, 0.6) is 0 Å². The maximum atomic E-state index is 9.12. The summed E-state index contributed by atoms with van der Waals surface area (Å²) in [4.78, 5) is 4.36. The van der Waals surface area contributed by atoms with Gasteiger partial charge in [-0.3, -0.25) is 4.99 Å². The van der Waals surface area contributed by atoms with E-state index in [0.717, 1.165) is 38.3 Å². The molecule has 0 bridgehead atoms. The maximum Gasteiger partial charge on any atom is 0.191 e. The number of halogens is 1. The summed E-state index contributed by atoms with van der Waals surface area (Å²) in [7, 11) is 0. The highest BCUT2D eigenvalue weighted by Crippen LogP contribution is 2.25. The Kier molecular flexibility index (Phi) is 5.11. The lowest BCUT2D eigenvalue weighted by Crippen LogP contribution is -2.48. The molecule has 0 amide bonds. The highest BCUT2D eigenvalue weighted by atomic mass is 127. The molecule has 0 radical (unpaired) electrons. The van der Waals surface area contributed by atoms with Gasteiger partial charge in [-0.15, -0.1) is 24.0 Å². The van der Waals surface area contributed by atoms with Gasteiger partial charge in [-0.25, -0.2) is 0 Å². The largest absolute Gasteiger partial charge is 0.393 e. The third-order valence-electron chi connectivity index (χ3n) is 2.98. The van der Waals surface area contributed by atoms with Gasteiger partial charge in [-0.05, 0) is 32.1 Å². The second kappa shape index (κ2) is 5.89. The molecule has 88 valence electrons. The molecule has 15 heavy (non-hydrogen) atoms. The van der Waals surface area contributed by atoms with E-state index in [0.29, 0.717) is 12.0 Å². The van der Waals surface area contributed by atoms with Gasteiger partial charge in [0, 0.05) is 19.1 Å².